The fourth-order valence-electron chi connectivity index (χ4n) is 3.52. The fraction of sp³-hybridized carbons (Fsp3) is 0.625. The molecule has 0 aliphatic heterocycles. The zero-order chi connectivity index (χ0) is 13.5. The highest BCUT2D eigenvalue weighted by atomic mass is 16.1. The van der Waals surface area contributed by atoms with Gasteiger partial charge in [-0.2, -0.15) is 5.26 Å². The largest absolute Gasteiger partial charge is 0.295 e. The van der Waals surface area contributed by atoms with Crippen LogP contribution in [-0.4, -0.2) is 5.78 Å². The Morgan fingerprint density at radius 2 is 2.22 bits per heavy atom. The topological polar surface area (TPSA) is 40.9 Å². The number of allylic oxidation sites excluding steroid dienone is 3. The van der Waals surface area contributed by atoms with Gasteiger partial charge < -0.3 is 0 Å². The third kappa shape index (κ3) is 1.82. The van der Waals surface area contributed by atoms with Gasteiger partial charge in [0, 0.05) is 11.8 Å². The average Bonchev–Trinajstić information content (AvgIpc) is 2.33. The first-order chi connectivity index (χ1) is 8.40. The quantitative estimate of drug-likeness (QED) is 0.657. The number of Topliss-reactive ketones (excluding diaryl/α,β-unsaturated/α-hetero) is 1. The second kappa shape index (κ2) is 4.39. The lowest BCUT2D eigenvalue weighted by atomic mass is 9.56. The van der Waals surface area contributed by atoms with E-state index in [0.29, 0.717) is 12.3 Å². The van der Waals surface area contributed by atoms with E-state index in [1.54, 1.807) is 0 Å². The number of hydrogen-bond donors (Lipinski definition) is 0. The van der Waals surface area contributed by atoms with Gasteiger partial charge in [0.2, 0.25) is 0 Å². The van der Waals surface area contributed by atoms with E-state index in [9.17, 15) is 10.1 Å². The normalized spacial score (nSPS) is 36.0. The van der Waals surface area contributed by atoms with Gasteiger partial charge in [-0.25, -0.2) is 0 Å². The molecule has 0 bridgehead atoms. The van der Waals surface area contributed by atoms with Crippen LogP contribution in [0.1, 0.15) is 46.5 Å². The third-order valence-electron chi connectivity index (χ3n) is 5.02. The summed E-state index contributed by atoms with van der Waals surface area (Å²) in [4.78, 5) is 11.9. The highest BCUT2D eigenvalue weighted by Crippen LogP contribution is 2.54. The first kappa shape index (κ1) is 13.1. The van der Waals surface area contributed by atoms with Crippen molar-refractivity contribution in [3.8, 4) is 6.07 Å². The van der Waals surface area contributed by atoms with E-state index in [0.717, 1.165) is 30.4 Å². The molecule has 0 heterocycles. The van der Waals surface area contributed by atoms with Crippen molar-refractivity contribution in [2.24, 2.45) is 17.3 Å². The Hall–Kier alpha value is -1.36. The smallest absolute Gasteiger partial charge is 0.158 e. The van der Waals surface area contributed by atoms with E-state index in [1.807, 2.05) is 13.8 Å². The zero-order valence-electron chi connectivity index (χ0n) is 11.5. The second-order valence-electron chi connectivity index (χ2n) is 6.11. The van der Waals surface area contributed by atoms with Crippen molar-refractivity contribution in [1.82, 2.24) is 0 Å². The number of nitriles is 1. The maximum Gasteiger partial charge on any atom is 0.158 e. The van der Waals surface area contributed by atoms with Crippen LogP contribution >= 0.6 is 0 Å². The lowest BCUT2D eigenvalue weighted by Gasteiger charge is -2.46. The molecule has 2 nitrogen and oxygen atoms in total. The van der Waals surface area contributed by atoms with Gasteiger partial charge in [0.15, 0.2) is 5.78 Å². The Morgan fingerprint density at radius 3 is 2.78 bits per heavy atom. The number of carbonyl (C=O) groups excluding carboxylic acids is 1. The molecule has 0 radical (unpaired) electrons. The summed E-state index contributed by atoms with van der Waals surface area (Å²) in [5.41, 5.74) is 3.19. The Balaban J connectivity index is 2.49. The Kier molecular flexibility index (Phi) is 3.19. The van der Waals surface area contributed by atoms with Crippen molar-refractivity contribution >= 4 is 5.78 Å². The van der Waals surface area contributed by atoms with E-state index in [-0.39, 0.29) is 17.1 Å². The summed E-state index contributed by atoms with van der Waals surface area (Å²) in [5.74, 6) is 0.645. The number of hydrogen-bond acceptors (Lipinski definition) is 2. The Labute approximate surface area is 109 Å². The molecule has 2 heteroatoms. The third-order valence-corrected chi connectivity index (χ3v) is 5.02. The first-order valence-electron chi connectivity index (χ1n) is 6.68. The van der Waals surface area contributed by atoms with E-state index in [2.05, 4.69) is 19.6 Å². The second-order valence-corrected chi connectivity index (χ2v) is 6.11. The van der Waals surface area contributed by atoms with Crippen molar-refractivity contribution in [3.05, 3.63) is 23.3 Å². The molecule has 0 aromatic carbocycles. The molecule has 0 aromatic heterocycles. The fourth-order valence-corrected chi connectivity index (χ4v) is 3.52. The van der Waals surface area contributed by atoms with E-state index < -0.39 is 0 Å². The summed E-state index contributed by atoms with van der Waals surface area (Å²) >= 11 is 0. The molecule has 2 rings (SSSR count). The predicted octanol–water partition coefficient (Wildman–Crippen LogP) is 3.80. The van der Waals surface area contributed by atoms with Crippen LogP contribution in [-0.2, 0) is 4.79 Å². The SMILES string of the molecule is C=C(C)[C@@H]1CC2=C(C)C(=O)CC[C@]2(C)[C@H](C#N)C1. The lowest BCUT2D eigenvalue weighted by molar-refractivity contribution is -0.117. The number of carbonyl (C=O) groups is 1. The van der Waals surface area contributed by atoms with Gasteiger partial charge >= 0.3 is 0 Å². The number of ketones is 1. The van der Waals surface area contributed by atoms with Crippen LogP contribution in [0.4, 0.5) is 0 Å². The van der Waals surface area contributed by atoms with Crippen LogP contribution in [0.15, 0.2) is 23.3 Å². The summed E-state index contributed by atoms with van der Waals surface area (Å²) in [6.45, 7) is 10.2. The zero-order valence-corrected chi connectivity index (χ0v) is 11.5. The first-order valence-corrected chi connectivity index (χ1v) is 6.68. The summed E-state index contributed by atoms with van der Waals surface area (Å²) in [6, 6.07) is 2.48. The van der Waals surface area contributed by atoms with Gasteiger partial charge in [0.1, 0.15) is 0 Å². The molecule has 18 heavy (non-hydrogen) atoms. The minimum absolute atomic E-state index is 0.0194. The number of nitrogens with zero attached hydrogens (tertiary/aromatic N) is 1. The maximum atomic E-state index is 11.9. The molecule has 2 aliphatic rings. The van der Waals surface area contributed by atoms with Crippen molar-refractivity contribution in [1.29, 1.82) is 5.26 Å². The molecule has 1 fully saturated rings. The monoisotopic (exact) mass is 243 g/mol. The van der Waals surface area contributed by atoms with Crippen molar-refractivity contribution in [2.75, 3.05) is 0 Å². The van der Waals surface area contributed by atoms with Crippen LogP contribution in [0.3, 0.4) is 0 Å². The van der Waals surface area contributed by atoms with Crippen LogP contribution in [0, 0.1) is 28.6 Å². The van der Waals surface area contributed by atoms with Gasteiger partial charge in [-0.05, 0) is 44.6 Å². The Bertz CT molecular complexity index is 480. The molecule has 2 aliphatic carbocycles. The molecule has 0 aromatic rings. The van der Waals surface area contributed by atoms with Gasteiger partial charge in [-0.15, -0.1) is 0 Å². The highest BCUT2D eigenvalue weighted by molar-refractivity contribution is 5.96. The summed E-state index contributed by atoms with van der Waals surface area (Å²) in [5, 5.41) is 9.46. The van der Waals surface area contributed by atoms with Crippen LogP contribution in [0.25, 0.3) is 0 Å². The predicted molar refractivity (Wildman–Crippen MR) is 71.7 cm³/mol. The average molecular weight is 243 g/mol. The molecule has 96 valence electrons. The molecule has 0 unspecified atom stereocenters. The van der Waals surface area contributed by atoms with Gasteiger partial charge in [-0.3, -0.25) is 4.79 Å². The summed E-state index contributed by atoms with van der Waals surface area (Å²) in [6.07, 6.45) is 3.25. The standard InChI is InChI=1S/C16H21NO/c1-10(2)12-7-13(9-17)16(4)6-5-15(18)11(3)14(16)8-12/h12-13H,1,5-8H2,2-4H3/t12-,13-,16+/m0/s1. The number of fused-ring (bicyclic) bond motifs is 1. The molecule has 0 N–H and O–H groups in total. The molecule has 0 amide bonds. The molecule has 0 saturated heterocycles. The molecule has 3 atom stereocenters. The van der Waals surface area contributed by atoms with Crippen molar-refractivity contribution in [3.63, 3.8) is 0 Å². The van der Waals surface area contributed by atoms with Gasteiger partial charge in [0.25, 0.3) is 0 Å². The highest BCUT2D eigenvalue weighted by Gasteiger charge is 2.47. The van der Waals surface area contributed by atoms with Crippen LogP contribution < -0.4 is 0 Å². The molecule has 1 saturated carbocycles. The number of rotatable bonds is 1. The summed E-state index contributed by atoms with van der Waals surface area (Å²) in [7, 11) is 0. The maximum absolute atomic E-state index is 11.9. The van der Waals surface area contributed by atoms with Gasteiger partial charge in [0.05, 0.1) is 12.0 Å². The minimum Gasteiger partial charge on any atom is -0.295 e. The molecular weight excluding hydrogens is 222 g/mol. The van der Waals surface area contributed by atoms with Crippen molar-refractivity contribution < 1.29 is 4.79 Å². The van der Waals surface area contributed by atoms with Crippen LogP contribution in [0.5, 0.6) is 0 Å². The lowest BCUT2D eigenvalue weighted by Crippen LogP contribution is -2.40. The van der Waals surface area contributed by atoms with E-state index in [1.165, 1.54) is 5.57 Å². The Morgan fingerprint density at radius 1 is 1.56 bits per heavy atom. The minimum atomic E-state index is -0.0846. The van der Waals surface area contributed by atoms with Crippen molar-refractivity contribution in [2.45, 2.75) is 46.5 Å². The molecule has 0 spiro atoms. The molecular formula is C16H21NO. The van der Waals surface area contributed by atoms with E-state index >= 15 is 0 Å². The van der Waals surface area contributed by atoms with E-state index in [4.69, 9.17) is 0 Å². The summed E-state index contributed by atoms with van der Waals surface area (Å²) < 4.78 is 0. The van der Waals surface area contributed by atoms with Crippen LogP contribution in [0.2, 0.25) is 0 Å². The van der Waals surface area contributed by atoms with Gasteiger partial charge in [-0.1, -0.05) is 24.6 Å².